The first-order valence-electron chi connectivity index (χ1n) is 4.58. The van der Waals surface area contributed by atoms with Crippen molar-refractivity contribution in [2.45, 2.75) is 26.3 Å². The van der Waals surface area contributed by atoms with Crippen molar-refractivity contribution in [1.29, 1.82) is 0 Å². The molecule has 1 atom stereocenters. The number of rotatable bonds is 3. The van der Waals surface area contributed by atoms with E-state index in [0.717, 1.165) is 6.42 Å². The molecule has 2 nitrogen and oxygen atoms in total. The van der Waals surface area contributed by atoms with Gasteiger partial charge in [-0.3, -0.25) is 4.99 Å². The van der Waals surface area contributed by atoms with Gasteiger partial charge < -0.3 is 5.73 Å². The molecule has 0 fully saturated rings. The van der Waals surface area contributed by atoms with Crippen LogP contribution in [-0.2, 0) is 0 Å². The van der Waals surface area contributed by atoms with Gasteiger partial charge in [-0.1, -0.05) is 31.2 Å². The van der Waals surface area contributed by atoms with Crippen LogP contribution in [0.25, 0.3) is 0 Å². The molecule has 0 aliphatic carbocycles. The van der Waals surface area contributed by atoms with Crippen LogP contribution in [0.2, 0.25) is 0 Å². The topological polar surface area (TPSA) is 38.4 Å². The van der Waals surface area contributed by atoms with Crippen molar-refractivity contribution in [3.05, 3.63) is 35.4 Å². The third-order valence-corrected chi connectivity index (χ3v) is 2.20. The van der Waals surface area contributed by atoms with E-state index in [0.29, 0.717) is 0 Å². The molecule has 0 saturated heterocycles. The predicted molar refractivity (Wildman–Crippen MR) is 56.9 cm³/mol. The average Bonchev–Trinajstić information content (AvgIpc) is 2.16. The Morgan fingerprint density at radius 3 is 2.69 bits per heavy atom. The van der Waals surface area contributed by atoms with Gasteiger partial charge in [-0.2, -0.15) is 0 Å². The summed E-state index contributed by atoms with van der Waals surface area (Å²) >= 11 is 0. The summed E-state index contributed by atoms with van der Waals surface area (Å²) in [4.78, 5) is 4.23. The molecule has 1 aromatic rings. The van der Waals surface area contributed by atoms with Gasteiger partial charge in [0.15, 0.2) is 0 Å². The molecule has 2 heteroatoms. The lowest BCUT2D eigenvalue weighted by molar-refractivity contribution is 0.699. The van der Waals surface area contributed by atoms with Gasteiger partial charge in [-0.15, -0.1) is 0 Å². The molecule has 1 rings (SSSR count). The van der Waals surface area contributed by atoms with Crippen LogP contribution in [0.1, 0.15) is 30.5 Å². The molecule has 0 spiro atoms. The van der Waals surface area contributed by atoms with E-state index in [1.165, 1.54) is 17.5 Å². The largest absolute Gasteiger partial charge is 0.390 e. The van der Waals surface area contributed by atoms with Crippen molar-refractivity contribution in [1.82, 2.24) is 0 Å². The van der Waals surface area contributed by atoms with E-state index in [9.17, 15) is 0 Å². The highest BCUT2D eigenvalue weighted by Crippen LogP contribution is 2.23. The zero-order valence-electron chi connectivity index (χ0n) is 8.20. The highest BCUT2D eigenvalue weighted by Gasteiger charge is 2.07. The molecule has 1 aromatic carbocycles. The molecule has 1 unspecified atom stereocenters. The fourth-order valence-electron chi connectivity index (χ4n) is 1.47. The Labute approximate surface area is 79.5 Å². The number of hydrogen-bond donors (Lipinski definition) is 1. The highest BCUT2D eigenvalue weighted by molar-refractivity contribution is 5.52. The van der Waals surface area contributed by atoms with Gasteiger partial charge in [-0.05, 0) is 24.5 Å². The van der Waals surface area contributed by atoms with Crippen molar-refractivity contribution in [2.75, 3.05) is 0 Å². The van der Waals surface area contributed by atoms with Crippen LogP contribution in [0.15, 0.2) is 29.3 Å². The Hall–Kier alpha value is -1.31. The second-order valence-electron chi connectivity index (χ2n) is 3.08. The zero-order valence-corrected chi connectivity index (χ0v) is 8.20. The maximum Gasteiger partial charge on any atom is 0.0805 e. The number of aryl methyl sites for hydroxylation is 1. The van der Waals surface area contributed by atoms with Gasteiger partial charge in [0.05, 0.1) is 12.4 Å². The Kier molecular flexibility index (Phi) is 3.50. The first-order chi connectivity index (χ1) is 6.29. The molecule has 70 valence electrons. The molecule has 0 aliphatic heterocycles. The van der Waals surface area contributed by atoms with Crippen LogP contribution in [0, 0.1) is 6.92 Å². The minimum Gasteiger partial charge on any atom is -0.390 e. The summed E-state index contributed by atoms with van der Waals surface area (Å²) in [6.07, 6.45) is 2.37. The van der Waals surface area contributed by atoms with E-state index in [4.69, 9.17) is 5.73 Å². The molecule has 0 aromatic heterocycles. The van der Waals surface area contributed by atoms with Gasteiger partial charge in [-0.25, -0.2) is 0 Å². The second kappa shape index (κ2) is 4.65. The van der Waals surface area contributed by atoms with E-state index < -0.39 is 0 Å². The molecule has 0 saturated carbocycles. The molecule has 2 N–H and O–H groups in total. The minimum atomic E-state index is 0.214. The van der Waals surface area contributed by atoms with Crippen molar-refractivity contribution >= 4 is 6.34 Å². The van der Waals surface area contributed by atoms with E-state index >= 15 is 0 Å². The van der Waals surface area contributed by atoms with Gasteiger partial charge >= 0.3 is 0 Å². The Morgan fingerprint density at radius 1 is 1.46 bits per heavy atom. The summed E-state index contributed by atoms with van der Waals surface area (Å²) in [5, 5.41) is 0. The summed E-state index contributed by atoms with van der Waals surface area (Å²) in [6, 6.07) is 8.50. The summed E-state index contributed by atoms with van der Waals surface area (Å²) < 4.78 is 0. The van der Waals surface area contributed by atoms with Crippen LogP contribution in [-0.4, -0.2) is 6.34 Å². The smallest absolute Gasteiger partial charge is 0.0805 e. The third kappa shape index (κ3) is 2.31. The zero-order chi connectivity index (χ0) is 9.68. The molecule has 0 radical (unpaired) electrons. The van der Waals surface area contributed by atoms with E-state index in [2.05, 4.69) is 31.0 Å². The molecule has 0 bridgehead atoms. The third-order valence-electron chi connectivity index (χ3n) is 2.20. The Balaban J connectivity index is 2.97. The van der Waals surface area contributed by atoms with Crippen molar-refractivity contribution in [2.24, 2.45) is 10.7 Å². The second-order valence-corrected chi connectivity index (χ2v) is 3.08. The number of aliphatic imine (C=N–C) groups is 1. The van der Waals surface area contributed by atoms with Gasteiger partial charge in [0, 0.05) is 0 Å². The first-order valence-corrected chi connectivity index (χ1v) is 4.58. The molecular weight excluding hydrogens is 160 g/mol. The fraction of sp³-hybridized carbons (Fsp3) is 0.364. The maximum absolute atomic E-state index is 5.30. The quantitative estimate of drug-likeness (QED) is 0.557. The normalized spacial score (nSPS) is 13.4. The highest BCUT2D eigenvalue weighted by atomic mass is 14.8. The Morgan fingerprint density at radius 2 is 2.15 bits per heavy atom. The van der Waals surface area contributed by atoms with E-state index in [-0.39, 0.29) is 6.04 Å². The van der Waals surface area contributed by atoms with Crippen LogP contribution in [0.4, 0.5) is 0 Å². The first kappa shape index (κ1) is 9.78. The lowest BCUT2D eigenvalue weighted by atomic mass is 10.0. The standard InChI is InChI=1S/C11H16N2/c1-3-11(13-8-12)10-7-5-4-6-9(10)2/h4-8,11H,3H2,1-2H3,(H2,12,13). The number of nitrogens with two attached hydrogens (primary N) is 1. The van der Waals surface area contributed by atoms with Crippen molar-refractivity contribution in [3.8, 4) is 0 Å². The molecular formula is C11H16N2. The molecule has 0 amide bonds. The van der Waals surface area contributed by atoms with Crippen LogP contribution in [0.3, 0.4) is 0 Å². The van der Waals surface area contributed by atoms with Crippen molar-refractivity contribution < 1.29 is 0 Å². The van der Waals surface area contributed by atoms with Crippen LogP contribution in [0.5, 0.6) is 0 Å². The molecule has 0 heterocycles. The van der Waals surface area contributed by atoms with Gasteiger partial charge in [0.25, 0.3) is 0 Å². The average molecular weight is 176 g/mol. The van der Waals surface area contributed by atoms with Gasteiger partial charge in [0.2, 0.25) is 0 Å². The van der Waals surface area contributed by atoms with Crippen LogP contribution >= 0.6 is 0 Å². The summed E-state index contributed by atoms with van der Waals surface area (Å²) in [5.41, 5.74) is 7.85. The van der Waals surface area contributed by atoms with Crippen molar-refractivity contribution in [3.63, 3.8) is 0 Å². The van der Waals surface area contributed by atoms with E-state index in [1.807, 2.05) is 12.1 Å². The fourth-order valence-corrected chi connectivity index (χ4v) is 1.47. The minimum absolute atomic E-state index is 0.214. The number of hydrogen-bond acceptors (Lipinski definition) is 1. The van der Waals surface area contributed by atoms with Crippen LogP contribution < -0.4 is 5.73 Å². The molecule has 0 aliphatic rings. The van der Waals surface area contributed by atoms with Gasteiger partial charge in [0.1, 0.15) is 0 Å². The number of benzene rings is 1. The predicted octanol–water partition coefficient (Wildman–Crippen LogP) is 2.43. The summed E-state index contributed by atoms with van der Waals surface area (Å²) in [5.74, 6) is 0. The summed E-state index contributed by atoms with van der Waals surface area (Å²) in [6.45, 7) is 4.22. The monoisotopic (exact) mass is 176 g/mol. The maximum atomic E-state index is 5.30. The Bertz CT molecular complexity index is 292. The summed E-state index contributed by atoms with van der Waals surface area (Å²) in [7, 11) is 0. The lowest BCUT2D eigenvalue weighted by Gasteiger charge is -2.12. The SMILES string of the molecule is CCC(/N=C\N)c1ccccc1C. The lowest BCUT2D eigenvalue weighted by Crippen LogP contribution is -2.00. The number of nitrogens with zero attached hydrogens (tertiary/aromatic N) is 1. The van der Waals surface area contributed by atoms with E-state index in [1.54, 1.807) is 0 Å². The molecule has 13 heavy (non-hydrogen) atoms.